The molecule has 6 heteroatoms. The van der Waals surface area contributed by atoms with Gasteiger partial charge >= 0.3 is 5.97 Å². The third kappa shape index (κ3) is 5.53. The molecule has 1 saturated heterocycles. The van der Waals surface area contributed by atoms with E-state index in [0.717, 1.165) is 12.3 Å². The van der Waals surface area contributed by atoms with Crippen LogP contribution in [0.3, 0.4) is 0 Å². The van der Waals surface area contributed by atoms with Gasteiger partial charge in [0.15, 0.2) is 0 Å². The molecule has 1 aromatic rings. The van der Waals surface area contributed by atoms with Gasteiger partial charge in [-0.05, 0) is 31.2 Å². The van der Waals surface area contributed by atoms with E-state index in [1.54, 1.807) is 19.1 Å². The van der Waals surface area contributed by atoms with Crippen LogP contribution in [0.5, 0.6) is 5.75 Å². The number of hydrogen-bond donors (Lipinski definition) is 0. The topological polar surface area (TPSA) is 48.0 Å². The van der Waals surface area contributed by atoms with Gasteiger partial charge in [-0.15, -0.1) is 0 Å². The first-order valence-corrected chi connectivity index (χ1v) is 7.43. The predicted molar refractivity (Wildman–Crippen MR) is 79.8 cm³/mol. The second-order valence-electron chi connectivity index (χ2n) is 4.80. The van der Waals surface area contributed by atoms with Crippen LogP contribution in [0.15, 0.2) is 24.3 Å². The van der Waals surface area contributed by atoms with E-state index in [-0.39, 0.29) is 12.1 Å². The van der Waals surface area contributed by atoms with E-state index < -0.39 is 0 Å². The molecule has 1 fully saturated rings. The van der Waals surface area contributed by atoms with Crippen molar-refractivity contribution in [2.75, 3.05) is 39.5 Å². The summed E-state index contributed by atoms with van der Waals surface area (Å²) in [5, 5.41) is 0.678. The van der Waals surface area contributed by atoms with Gasteiger partial charge in [0.2, 0.25) is 0 Å². The van der Waals surface area contributed by atoms with Gasteiger partial charge in [-0.3, -0.25) is 9.69 Å². The maximum absolute atomic E-state index is 11.5. The summed E-state index contributed by atoms with van der Waals surface area (Å²) in [6.45, 7) is 4.94. The monoisotopic (exact) mass is 313 g/mol. The fourth-order valence-corrected chi connectivity index (χ4v) is 2.26. The molecule has 5 nitrogen and oxygen atoms in total. The molecule has 0 amide bonds. The molecule has 1 aliphatic heterocycles. The average molecular weight is 314 g/mol. The van der Waals surface area contributed by atoms with Crippen LogP contribution >= 0.6 is 11.6 Å². The summed E-state index contributed by atoms with van der Waals surface area (Å²) in [4.78, 5) is 13.5. The van der Waals surface area contributed by atoms with E-state index in [2.05, 4.69) is 0 Å². The summed E-state index contributed by atoms with van der Waals surface area (Å²) in [5.41, 5.74) is 0. The number of morpholine rings is 1. The molecule has 0 N–H and O–H groups in total. The number of benzene rings is 1. The van der Waals surface area contributed by atoms with E-state index >= 15 is 0 Å². The Morgan fingerprint density at radius 1 is 1.43 bits per heavy atom. The van der Waals surface area contributed by atoms with Crippen LogP contribution in [0.2, 0.25) is 5.02 Å². The number of carbonyl (C=O) groups is 1. The number of nitrogens with zero attached hydrogens (tertiary/aromatic N) is 1. The third-order valence-electron chi connectivity index (χ3n) is 3.13. The molecule has 116 valence electrons. The molecule has 1 aromatic carbocycles. The zero-order valence-electron chi connectivity index (χ0n) is 12.1. The lowest BCUT2D eigenvalue weighted by Crippen LogP contribution is -2.47. The van der Waals surface area contributed by atoms with Crippen LogP contribution in [0.4, 0.5) is 0 Å². The zero-order chi connectivity index (χ0) is 15.1. The number of hydrogen-bond acceptors (Lipinski definition) is 5. The lowest BCUT2D eigenvalue weighted by atomic mass is 10.3. The lowest BCUT2D eigenvalue weighted by molar-refractivity contribution is -0.146. The molecule has 0 radical (unpaired) electrons. The molecular formula is C15H20ClNO4. The minimum absolute atomic E-state index is 0.0520. The summed E-state index contributed by atoms with van der Waals surface area (Å²) in [7, 11) is 0. The maximum Gasteiger partial charge on any atom is 0.320 e. The maximum atomic E-state index is 11.5. The summed E-state index contributed by atoms with van der Waals surface area (Å²) in [6.07, 6.45) is -0.0520. The molecule has 1 heterocycles. The van der Waals surface area contributed by atoms with Gasteiger partial charge in [-0.1, -0.05) is 11.6 Å². The minimum Gasteiger partial charge on any atom is -0.491 e. The number of rotatable bonds is 6. The van der Waals surface area contributed by atoms with E-state index in [4.69, 9.17) is 25.8 Å². The Bertz CT molecular complexity index is 451. The zero-order valence-corrected chi connectivity index (χ0v) is 12.8. The fraction of sp³-hybridized carbons (Fsp3) is 0.533. The third-order valence-corrected chi connectivity index (χ3v) is 3.38. The Hall–Kier alpha value is -1.30. The van der Waals surface area contributed by atoms with Crippen LogP contribution in [-0.4, -0.2) is 56.4 Å². The smallest absolute Gasteiger partial charge is 0.320 e. The fourth-order valence-electron chi connectivity index (χ4n) is 2.13. The Labute approximate surface area is 129 Å². The minimum atomic E-state index is -0.197. The van der Waals surface area contributed by atoms with Gasteiger partial charge in [0.05, 0.1) is 19.8 Å². The van der Waals surface area contributed by atoms with Crippen molar-refractivity contribution >= 4 is 17.6 Å². The molecule has 1 atom stereocenters. The van der Waals surface area contributed by atoms with Crippen LogP contribution in [0, 0.1) is 0 Å². The standard InChI is InChI=1S/C15H20ClNO4/c1-2-19-15(18)10-17-7-8-20-14(9-17)11-21-13-5-3-12(16)4-6-13/h3-6,14H,2,7-11H2,1H3/t14-/m0/s1. The van der Waals surface area contributed by atoms with Gasteiger partial charge in [0.1, 0.15) is 18.5 Å². The number of carbonyl (C=O) groups excluding carboxylic acids is 1. The van der Waals surface area contributed by atoms with Crippen LogP contribution in [-0.2, 0) is 14.3 Å². The highest BCUT2D eigenvalue weighted by Crippen LogP contribution is 2.16. The molecule has 1 aliphatic rings. The molecular weight excluding hydrogens is 294 g/mol. The second kappa shape index (κ2) is 8.22. The summed E-state index contributed by atoms with van der Waals surface area (Å²) in [5.74, 6) is 0.558. The first-order chi connectivity index (χ1) is 10.2. The Kier molecular flexibility index (Phi) is 6.29. The highest BCUT2D eigenvalue weighted by molar-refractivity contribution is 6.30. The van der Waals surface area contributed by atoms with Gasteiger partial charge < -0.3 is 14.2 Å². The van der Waals surface area contributed by atoms with Crippen LogP contribution < -0.4 is 4.74 Å². The van der Waals surface area contributed by atoms with Crippen LogP contribution in [0.25, 0.3) is 0 Å². The van der Waals surface area contributed by atoms with E-state index in [1.165, 1.54) is 0 Å². The van der Waals surface area contributed by atoms with Crippen molar-refractivity contribution in [2.24, 2.45) is 0 Å². The van der Waals surface area contributed by atoms with Gasteiger partial charge in [-0.2, -0.15) is 0 Å². The van der Waals surface area contributed by atoms with Crippen molar-refractivity contribution in [3.05, 3.63) is 29.3 Å². The normalized spacial score (nSPS) is 19.2. The molecule has 0 spiro atoms. The summed E-state index contributed by atoms with van der Waals surface area (Å²) in [6, 6.07) is 7.21. The van der Waals surface area contributed by atoms with Crippen molar-refractivity contribution in [2.45, 2.75) is 13.0 Å². The van der Waals surface area contributed by atoms with Gasteiger partial charge in [0, 0.05) is 18.1 Å². The first-order valence-electron chi connectivity index (χ1n) is 7.05. The molecule has 0 saturated carbocycles. The molecule has 21 heavy (non-hydrogen) atoms. The predicted octanol–water partition coefficient (Wildman–Crippen LogP) is 1.98. The number of ether oxygens (including phenoxy) is 3. The highest BCUT2D eigenvalue weighted by atomic mass is 35.5. The number of halogens is 1. The lowest BCUT2D eigenvalue weighted by Gasteiger charge is -2.31. The van der Waals surface area contributed by atoms with Crippen molar-refractivity contribution in [1.82, 2.24) is 4.90 Å². The van der Waals surface area contributed by atoms with Crippen molar-refractivity contribution in [3.63, 3.8) is 0 Å². The second-order valence-corrected chi connectivity index (χ2v) is 5.23. The quantitative estimate of drug-likeness (QED) is 0.752. The summed E-state index contributed by atoms with van der Waals surface area (Å²) < 4.78 is 16.3. The number of esters is 1. The van der Waals surface area contributed by atoms with Gasteiger partial charge in [0.25, 0.3) is 0 Å². The van der Waals surface area contributed by atoms with Crippen molar-refractivity contribution in [3.8, 4) is 5.75 Å². The summed E-state index contributed by atoms with van der Waals surface area (Å²) >= 11 is 5.82. The molecule has 2 rings (SSSR count). The Balaban J connectivity index is 1.76. The molecule has 0 aliphatic carbocycles. The van der Waals surface area contributed by atoms with E-state index in [1.807, 2.05) is 17.0 Å². The Morgan fingerprint density at radius 3 is 2.90 bits per heavy atom. The largest absolute Gasteiger partial charge is 0.491 e. The average Bonchev–Trinajstić information content (AvgIpc) is 2.47. The first kappa shape index (κ1) is 16.1. The van der Waals surface area contributed by atoms with E-state index in [9.17, 15) is 4.79 Å². The molecule has 0 bridgehead atoms. The van der Waals surface area contributed by atoms with Gasteiger partial charge in [-0.25, -0.2) is 0 Å². The highest BCUT2D eigenvalue weighted by Gasteiger charge is 2.23. The Morgan fingerprint density at radius 2 is 2.19 bits per heavy atom. The van der Waals surface area contributed by atoms with Crippen LogP contribution in [0.1, 0.15) is 6.92 Å². The van der Waals surface area contributed by atoms with Crippen molar-refractivity contribution in [1.29, 1.82) is 0 Å². The SMILES string of the molecule is CCOC(=O)CN1CCO[C@H](COc2ccc(Cl)cc2)C1. The molecule has 0 unspecified atom stereocenters. The molecule has 0 aromatic heterocycles. The van der Waals surface area contributed by atoms with Crippen molar-refractivity contribution < 1.29 is 19.0 Å². The van der Waals surface area contributed by atoms with E-state index in [0.29, 0.717) is 37.9 Å².